The smallest absolute Gasteiger partial charge is 0.170 e. The molecule has 0 radical (unpaired) electrons. The molecule has 572 valence electrons. The normalized spacial score (nSPS) is 49.2. The van der Waals surface area contributed by atoms with Gasteiger partial charge < -0.3 is 61.6 Å². The Morgan fingerprint density at radius 2 is 0.677 bits per heavy atom. The van der Waals surface area contributed by atoms with E-state index in [1.807, 2.05) is 0 Å². The van der Waals surface area contributed by atoms with Crippen LogP contribution in [0.5, 0.6) is 0 Å². The minimum atomic E-state index is -0.536. The summed E-state index contributed by atoms with van der Waals surface area (Å²) in [6, 6.07) is 0. The standard InChI is InChI=1S/C29H50O5.C29H52O4.C27H46O5/c1-9-18(6)21-10-23-22(30-21)11-24-26(31-23)19(7)13-29(32-24)14-20(8)27-25(33-29)15-28(34-27,17(4)5)12-16(2)3;1-10-19(6)11-20(7)23-12-24-26(30-23)21(8)14-29(31-24)15-22(9)27-25(32-29)16-28(33-27,18(4)5)13-17(2)3;1-15(2)11-26(16(3)4)14-23-25(32-26)19(7)13-27(31-23)12-18(6)24-22(30-27)9-17(5)21(29-24)10-20(8)28/h16-27H,9-15H2,1-8H3;17-27H,10-16H2,1-9H3;15-19,21-25H,9-14H2,1-8H3/t18-,19-,20-,21-,22+,23+,24-,25-,26-,27-,28-,29+;19-,20-,21-,22-,23-,24-,25-,26-,27-,28-,29+;17-,18+,19+,21?,22+,23+,24+,25+,26+,27-/m001/s1. The zero-order valence-corrected chi connectivity index (χ0v) is 67.4. The largest absolute Gasteiger partial charge is 0.372 e. The third kappa shape index (κ3) is 16.6. The summed E-state index contributed by atoms with van der Waals surface area (Å²) in [7, 11) is 0. The summed E-state index contributed by atoms with van der Waals surface area (Å²) in [5.41, 5.74) is -0.260. The molecule has 13 heterocycles. The molecule has 14 heteroatoms. The van der Waals surface area contributed by atoms with Gasteiger partial charge in [-0.05, 0) is 134 Å². The number of Topliss-reactive ketones (excluding diaryl/α,β-unsaturated/α-hetero) is 1. The SMILES string of the molecule is CC(=O)CC1O[C@@H]2[C@H](C[C@H]1C)O[C@@]1(C[C@@H]2C)C[C@H](C)[C@@H]2O[C@](CC(C)C)(C(C)C)C[C@@H]2O1.CC[C@H](C)C[C@H](C)[C@@H]1C[C@@H]2O[C@@]3(C[C@H](C)[C@@H]2O1)C[C@H](C)[C@@H]1O[C@](CC(C)C)(C(C)C)C[C@@H]1O3.CC[C@H](C)[C@@H]1C[C@H]2O[C@@H]3[C@H](C[C@H]2O1)O[C@@]1(C[C@@H]3C)C[C@H](C)[C@@H]2O[C@](CC(C)C)(C(C)C)C[C@@H]2O1. The van der Waals surface area contributed by atoms with Gasteiger partial charge in [-0.1, -0.05) is 179 Å². The van der Waals surface area contributed by atoms with E-state index in [2.05, 4.69) is 166 Å². The molecule has 13 aliphatic rings. The van der Waals surface area contributed by atoms with Gasteiger partial charge in [-0.3, -0.25) is 4.79 Å². The average molecular weight is 1390 g/mol. The van der Waals surface area contributed by atoms with Crippen molar-refractivity contribution < 1.29 is 66.4 Å². The van der Waals surface area contributed by atoms with Gasteiger partial charge in [0.05, 0.1) is 121 Å². The minimum absolute atomic E-state index is 0.00959. The minimum Gasteiger partial charge on any atom is -0.372 e. The van der Waals surface area contributed by atoms with Crippen molar-refractivity contribution in [3.8, 4) is 0 Å². The lowest BCUT2D eigenvalue weighted by molar-refractivity contribution is -0.368. The highest BCUT2D eigenvalue weighted by Crippen LogP contribution is 2.59. The molecule has 0 aromatic rings. The van der Waals surface area contributed by atoms with Gasteiger partial charge in [-0.25, -0.2) is 0 Å². The van der Waals surface area contributed by atoms with Crippen LogP contribution in [-0.2, 0) is 66.4 Å². The molecule has 0 aromatic heterocycles. The molecule has 33 atom stereocenters. The predicted octanol–water partition coefficient (Wildman–Crippen LogP) is 18.7. The van der Waals surface area contributed by atoms with Crippen LogP contribution in [0.25, 0.3) is 0 Å². The molecule has 13 aliphatic heterocycles. The second kappa shape index (κ2) is 31.0. The Kier molecular flexibility index (Phi) is 24.8. The van der Waals surface area contributed by atoms with Gasteiger partial charge in [-0.15, -0.1) is 0 Å². The zero-order chi connectivity index (χ0) is 72.0. The zero-order valence-electron chi connectivity index (χ0n) is 67.4. The Hall–Kier alpha value is -0.850. The highest BCUT2D eigenvalue weighted by atomic mass is 16.7. The van der Waals surface area contributed by atoms with Crippen LogP contribution in [0.2, 0.25) is 0 Å². The number of rotatable bonds is 17. The second-order valence-electron chi connectivity index (χ2n) is 39.1. The number of hydrogen-bond donors (Lipinski definition) is 0. The second-order valence-corrected chi connectivity index (χ2v) is 39.1. The molecule has 99 heavy (non-hydrogen) atoms. The van der Waals surface area contributed by atoms with E-state index in [1.54, 1.807) is 6.92 Å². The quantitative estimate of drug-likeness (QED) is 0.137. The summed E-state index contributed by atoms with van der Waals surface area (Å²) >= 11 is 0. The van der Waals surface area contributed by atoms with Gasteiger partial charge in [0.25, 0.3) is 0 Å². The van der Waals surface area contributed by atoms with Crippen molar-refractivity contribution in [3.05, 3.63) is 0 Å². The molecule has 0 N–H and O–H groups in total. The van der Waals surface area contributed by atoms with Crippen LogP contribution in [0.4, 0.5) is 0 Å². The first-order valence-electron chi connectivity index (χ1n) is 41.7. The molecule has 0 aromatic carbocycles. The lowest BCUT2D eigenvalue weighted by Crippen LogP contribution is -2.62. The number of hydrogen-bond acceptors (Lipinski definition) is 14. The maximum Gasteiger partial charge on any atom is 0.170 e. The van der Waals surface area contributed by atoms with Crippen LogP contribution < -0.4 is 0 Å². The van der Waals surface area contributed by atoms with Gasteiger partial charge >= 0.3 is 0 Å². The Balaban J connectivity index is 0.000000150. The van der Waals surface area contributed by atoms with Gasteiger partial charge in [-0.2, -0.15) is 0 Å². The number of fused-ring (bicyclic) bond motifs is 7. The summed E-state index contributed by atoms with van der Waals surface area (Å²) in [5.74, 6) is 6.65. The van der Waals surface area contributed by atoms with Crippen LogP contribution in [0.15, 0.2) is 0 Å². The summed E-state index contributed by atoms with van der Waals surface area (Å²) in [5, 5.41) is 0. The van der Waals surface area contributed by atoms with Crippen molar-refractivity contribution in [2.75, 3.05) is 0 Å². The highest BCUT2D eigenvalue weighted by Gasteiger charge is 2.65. The van der Waals surface area contributed by atoms with E-state index in [9.17, 15) is 4.79 Å². The summed E-state index contributed by atoms with van der Waals surface area (Å²) in [6.07, 6.45) is 22.2. The van der Waals surface area contributed by atoms with Crippen molar-refractivity contribution >= 4 is 5.78 Å². The van der Waals surface area contributed by atoms with Crippen molar-refractivity contribution in [2.24, 2.45) is 94.7 Å². The Bertz CT molecular complexity index is 2630. The summed E-state index contributed by atoms with van der Waals surface area (Å²) in [6.45, 7) is 57.1. The van der Waals surface area contributed by atoms with E-state index < -0.39 is 17.4 Å². The first kappa shape index (κ1) is 79.2. The first-order valence-corrected chi connectivity index (χ1v) is 41.7. The molecule has 0 aliphatic carbocycles. The fraction of sp³-hybridized carbons (Fsp3) is 0.988. The van der Waals surface area contributed by atoms with Crippen LogP contribution >= 0.6 is 0 Å². The fourth-order valence-electron chi connectivity index (χ4n) is 22.7. The molecule has 13 rings (SSSR count). The lowest BCUT2D eigenvalue weighted by Gasteiger charge is -2.55. The van der Waals surface area contributed by atoms with Gasteiger partial charge in [0.2, 0.25) is 0 Å². The van der Waals surface area contributed by atoms with Crippen molar-refractivity contribution in [1.29, 1.82) is 0 Å². The summed E-state index contributed by atoms with van der Waals surface area (Å²) < 4.78 is 88.3. The van der Waals surface area contributed by atoms with Crippen molar-refractivity contribution in [2.45, 2.75) is 439 Å². The molecule has 0 saturated carbocycles. The van der Waals surface area contributed by atoms with E-state index >= 15 is 0 Å². The molecule has 3 spiro atoms. The lowest BCUT2D eigenvalue weighted by atomic mass is 9.76. The van der Waals surface area contributed by atoms with Crippen LogP contribution in [0.3, 0.4) is 0 Å². The Labute approximate surface area is 603 Å². The maximum atomic E-state index is 11.7. The van der Waals surface area contributed by atoms with E-state index in [1.165, 1.54) is 12.8 Å². The Morgan fingerprint density at radius 3 is 1.05 bits per heavy atom. The molecule has 13 fully saturated rings. The molecular weight excluding hydrogens is 1240 g/mol. The molecular formula is C85H148O14. The van der Waals surface area contributed by atoms with Gasteiger partial charge in [0, 0.05) is 83.5 Å². The van der Waals surface area contributed by atoms with E-state index in [0.29, 0.717) is 107 Å². The average Bonchev–Trinajstić information content (AvgIpc) is 1.70. The third-order valence-corrected chi connectivity index (χ3v) is 28.0. The fourth-order valence-corrected chi connectivity index (χ4v) is 22.7. The topological polar surface area (TPSA) is 137 Å². The number of carbonyl (C=O) groups is 1. The number of carbonyl (C=O) groups excluding carboxylic acids is 1. The summed E-state index contributed by atoms with van der Waals surface area (Å²) in [4.78, 5) is 11.7. The van der Waals surface area contributed by atoms with E-state index in [4.69, 9.17) is 61.6 Å². The monoisotopic (exact) mass is 1390 g/mol. The number of ketones is 1. The predicted molar refractivity (Wildman–Crippen MR) is 390 cm³/mol. The van der Waals surface area contributed by atoms with E-state index in [0.717, 1.165) is 115 Å². The third-order valence-electron chi connectivity index (χ3n) is 28.0. The van der Waals surface area contributed by atoms with Gasteiger partial charge in [0.15, 0.2) is 17.4 Å². The van der Waals surface area contributed by atoms with Crippen molar-refractivity contribution in [1.82, 2.24) is 0 Å². The van der Waals surface area contributed by atoms with Crippen LogP contribution in [0, 0.1) is 94.7 Å². The molecule has 13 saturated heterocycles. The van der Waals surface area contributed by atoms with Crippen molar-refractivity contribution in [3.63, 3.8) is 0 Å². The first-order chi connectivity index (χ1) is 46.4. The molecule has 0 amide bonds. The molecule has 0 bridgehead atoms. The van der Waals surface area contributed by atoms with E-state index in [-0.39, 0.29) is 114 Å². The van der Waals surface area contributed by atoms with Crippen LogP contribution in [0.1, 0.15) is 302 Å². The molecule has 1 unspecified atom stereocenters. The Morgan fingerprint density at radius 1 is 0.343 bits per heavy atom. The van der Waals surface area contributed by atoms with Crippen LogP contribution in [-0.4, -0.2) is 144 Å². The molecule has 14 nitrogen and oxygen atoms in total. The number of ether oxygens (including phenoxy) is 13. The van der Waals surface area contributed by atoms with Gasteiger partial charge in [0.1, 0.15) is 5.78 Å². The maximum absolute atomic E-state index is 11.7. The highest BCUT2D eigenvalue weighted by molar-refractivity contribution is 5.76.